The lowest BCUT2D eigenvalue weighted by Crippen LogP contribution is -2.39. The van der Waals surface area contributed by atoms with Gasteiger partial charge < -0.3 is 16.2 Å². The maximum absolute atomic E-state index is 10.8. The van der Waals surface area contributed by atoms with Crippen LogP contribution in [0.4, 0.5) is 0 Å². The minimum absolute atomic E-state index is 0.395. The molecule has 0 radical (unpaired) electrons. The van der Waals surface area contributed by atoms with Gasteiger partial charge in [0, 0.05) is 0 Å². The summed E-state index contributed by atoms with van der Waals surface area (Å²) < 4.78 is 0. The second-order valence-electron chi connectivity index (χ2n) is 2.89. The van der Waals surface area contributed by atoms with Gasteiger partial charge in [-0.2, -0.15) is 0 Å². The molecule has 0 heterocycles. The number of carbonyl (C=O) groups is 2. The molecule has 0 bridgehead atoms. The van der Waals surface area contributed by atoms with Gasteiger partial charge in [0.05, 0.1) is 0 Å². The van der Waals surface area contributed by atoms with Gasteiger partial charge in [-0.05, 0) is 31.9 Å². The van der Waals surface area contributed by atoms with Crippen LogP contribution in [0.1, 0.15) is 19.3 Å². The first-order valence-electron chi connectivity index (χ1n) is 4.47. The van der Waals surface area contributed by atoms with Crippen LogP contribution < -0.4 is 11.1 Å². The van der Waals surface area contributed by atoms with Gasteiger partial charge in [-0.25, -0.2) is 4.79 Å². The SMILES string of the molecule is C=CC(=O)NC(CCCCN)C(=O)O. The molecule has 0 saturated heterocycles. The first kappa shape index (κ1) is 12.6. The van der Waals surface area contributed by atoms with E-state index < -0.39 is 17.9 Å². The minimum atomic E-state index is -1.03. The van der Waals surface area contributed by atoms with Crippen LogP contribution in [0.3, 0.4) is 0 Å². The van der Waals surface area contributed by atoms with E-state index in [1.165, 1.54) is 0 Å². The summed E-state index contributed by atoms with van der Waals surface area (Å²) in [6.07, 6.45) is 2.89. The van der Waals surface area contributed by atoms with Crippen molar-refractivity contribution < 1.29 is 14.7 Å². The van der Waals surface area contributed by atoms with Gasteiger partial charge >= 0.3 is 5.97 Å². The Bertz CT molecular complexity index is 216. The largest absolute Gasteiger partial charge is 0.480 e. The molecule has 0 rings (SSSR count). The molecule has 0 aromatic rings. The second-order valence-corrected chi connectivity index (χ2v) is 2.89. The summed E-state index contributed by atoms with van der Waals surface area (Å²) in [5.74, 6) is -1.50. The third-order valence-electron chi connectivity index (χ3n) is 1.75. The fraction of sp³-hybridized carbons (Fsp3) is 0.556. The monoisotopic (exact) mass is 200 g/mol. The quantitative estimate of drug-likeness (QED) is 0.394. The van der Waals surface area contributed by atoms with Crippen molar-refractivity contribution in [3.05, 3.63) is 12.7 Å². The van der Waals surface area contributed by atoms with Crippen LogP contribution >= 0.6 is 0 Å². The first-order valence-corrected chi connectivity index (χ1v) is 4.47. The van der Waals surface area contributed by atoms with Crippen molar-refractivity contribution in [3.63, 3.8) is 0 Å². The maximum Gasteiger partial charge on any atom is 0.326 e. The van der Waals surface area contributed by atoms with E-state index in [2.05, 4.69) is 11.9 Å². The Morgan fingerprint density at radius 3 is 2.57 bits per heavy atom. The second kappa shape index (κ2) is 7.08. The van der Waals surface area contributed by atoms with Crippen LogP contribution in [-0.2, 0) is 9.59 Å². The minimum Gasteiger partial charge on any atom is -0.480 e. The summed E-state index contributed by atoms with van der Waals surface area (Å²) in [6, 6.07) is -0.841. The van der Waals surface area contributed by atoms with Crippen LogP contribution in [0.2, 0.25) is 0 Å². The molecule has 0 aromatic heterocycles. The van der Waals surface area contributed by atoms with Crippen LogP contribution in [0.25, 0.3) is 0 Å². The Hall–Kier alpha value is -1.36. The highest BCUT2D eigenvalue weighted by Gasteiger charge is 2.17. The fourth-order valence-corrected chi connectivity index (χ4v) is 0.981. The van der Waals surface area contributed by atoms with Crippen LogP contribution in [-0.4, -0.2) is 29.6 Å². The number of amides is 1. The number of rotatable bonds is 7. The summed E-state index contributed by atoms with van der Waals surface area (Å²) in [6.45, 7) is 3.77. The van der Waals surface area contributed by atoms with Crippen molar-refractivity contribution in [1.82, 2.24) is 5.32 Å². The van der Waals surface area contributed by atoms with Crippen molar-refractivity contribution in [3.8, 4) is 0 Å². The molecule has 0 aliphatic carbocycles. The van der Waals surface area contributed by atoms with Gasteiger partial charge in [0.15, 0.2) is 0 Å². The van der Waals surface area contributed by atoms with Crippen LogP contribution in [0, 0.1) is 0 Å². The lowest BCUT2D eigenvalue weighted by Gasteiger charge is -2.12. The third-order valence-corrected chi connectivity index (χ3v) is 1.75. The lowest BCUT2D eigenvalue weighted by molar-refractivity contribution is -0.141. The summed E-state index contributed by atoms with van der Waals surface area (Å²) in [4.78, 5) is 21.5. The van der Waals surface area contributed by atoms with Crippen molar-refractivity contribution in [2.45, 2.75) is 25.3 Å². The third kappa shape index (κ3) is 5.31. The zero-order valence-corrected chi connectivity index (χ0v) is 8.03. The van der Waals surface area contributed by atoms with Crippen molar-refractivity contribution >= 4 is 11.9 Å². The normalized spacial score (nSPS) is 11.8. The van der Waals surface area contributed by atoms with Gasteiger partial charge in [-0.3, -0.25) is 4.79 Å². The van der Waals surface area contributed by atoms with Gasteiger partial charge in [0.2, 0.25) is 5.91 Å². The zero-order chi connectivity index (χ0) is 11.0. The first-order chi connectivity index (χ1) is 6.61. The van der Waals surface area contributed by atoms with Crippen molar-refractivity contribution in [2.75, 3.05) is 6.54 Å². The highest BCUT2D eigenvalue weighted by atomic mass is 16.4. The number of nitrogens with two attached hydrogens (primary N) is 1. The van der Waals surface area contributed by atoms with E-state index in [9.17, 15) is 9.59 Å². The van der Waals surface area contributed by atoms with E-state index >= 15 is 0 Å². The molecular weight excluding hydrogens is 184 g/mol. The van der Waals surface area contributed by atoms with E-state index in [4.69, 9.17) is 10.8 Å². The van der Waals surface area contributed by atoms with Crippen molar-refractivity contribution in [2.24, 2.45) is 5.73 Å². The standard InChI is InChI=1S/C9H16N2O3/c1-2-8(12)11-7(9(13)14)5-3-4-6-10/h2,7H,1,3-6,10H2,(H,11,12)(H,13,14). The molecule has 0 aliphatic heterocycles. The predicted octanol–water partition coefficient (Wildman–Crippen LogP) is -0.129. The number of nitrogens with one attached hydrogen (secondary N) is 1. The number of carboxylic acids is 1. The number of hydrogen-bond acceptors (Lipinski definition) is 3. The van der Waals surface area contributed by atoms with E-state index in [0.717, 1.165) is 12.5 Å². The highest BCUT2D eigenvalue weighted by molar-refractivity contribution is 5.90. The number of carboxylic acid groups (broad SMARTS) is 1. The summed E-state index contributed by atoms with van der Waals surface area (Å²) >= 11 is 0. The average molecular weight is 200 g/mol. The molecule has 80 valence electrons. The number of aliphatic carboxylic acids is 1. The summed E-state index contributed by atoms with van der Waals surface area (Å²) in [5, 5.41) is 11.1. The van der Waals surface area contributed by atoms with E-state index in [1.807, 2.05) is 0 Å². The molecule has 0 aromatic carbocycles. The fourth-order valence-electron chi connectivity index (χ4n) is 0.981. The van der Waals surface area contributed by atoms with Crippen LogP contribution in [0.5, 0.6) is 0 Å². The summed E-state index contributed by atoms with van der Waals surface area (Å²) in [5.41, 5.74) is 5.27. The van der Waals surface area contributed by atoms with Gasteiger partial charge in [0.25, 0.3) is 0 Å². The highest BCUT2D eigenvalue weighted by Crippen LogP contribution is 2.00. The van der Waals surface area contributed by atoms with Gasteiger partial charge in [-0.1, -0.05) is 6.58 Å². The number of hydrogen-bond donors (Lipinski definition) is 3. The molecule has 0 spiro atoms. The smallest absolute Gasteiger partial charge is 0.326 e. The molecular formula is C9H16N2O3. The van der Waals surface area contributed by atoms with E-state index in [1.54, 1.807) is 0 Å². The van der Waals surface area contributed by atoms with E-state index in [-0.39, 0.29) is 0 Å². The summed E-state index contributed by atoms with van der Waals surface area (Å²) in [7, 11) is 0. The molecule has 14 heavy (non-hydrogen) atoms. The molecule has 5 heteroatoms. The number of unbranched alkanes of at least 4 members (excludes halogenated alkanes) is 1. The molecule has 0 fully saturated rings. The maximum atomic E-state index is 10.8. The molecule has 1 amide bonds. The molecule has 0 saturated carbocycles. The molecule has 5 nitrogen and oxygen atoms in total. The Morgan fingerprint density at radius 1 is 1.50 bits per heavy atom. The van der Waals surface area contributed by atoms with E-state index in [0.29, 0.717) is 19.4 Å². The number of carbonyl (C=O) groups excluding carboxylic acids is 1. The molecule has 0 aliphatic rings. The zero-order valence-electron chi connectivity index (χ0n) is 8.03. The Morgan fingerprint density at radius 2 is 2.14 bits per heavy atom. The Labute approximate surface area is 83.0 Å². The Kier molecular flexibility index (Phi) is 6.39. The van der Waals surface area contributed by atoms with Gasteiger partial charge in [0.1, 0.15) is 6.04 Å². The molecule has 1 atom stereocenters. The predicted molar refractivity (Wildman–Crippen MR) is 52.7 cm³/mol. The molecule has 1 unspecified atom stereocenters. The topological polar surface area (TPSA) is 92.4 Å². The lowest BCUT2D eigenvalue weighted by atomic mass is 10.1. The average Bonchev–Trinajstić information content (AvgIpc) is 2.16. The van der Waals surface area contributed by atoms with Gasteiger partial charge in [-0.15, -0.1) is 0 Å². The van der Waals surface area contributed by atoms with Crippen LogP contribution in [0.15, 0.2) is 12.7 Å². The van der Waals surface area contributed by atoms with Crippen molar-refractivity contribution in [1.29, 1.82) is 0 Å². The Balaban J connectivity index is 3.96. The molecule has 4 N–H and O–H groups in total.